The number of rotatable bonds is 3. The van der Waals surface area contributed by atoms with Gasteiger partial charge in [0, 0.05) is 56.8 Å². The average molecular weight is 398 g/mol. The summed E-state index contributed by atoms with van der Waals surface area (Å²) in [5, 5.41) is 0. The summed E-state index contributed by atoms with van der Waals surface area (Å²) in [5.74, 6) is 0.453. The molecule has 1 aliphatic carbocycles. The molecule has 1 aromatic rings. The number of halogens is 1. The normalized spacial score (nSPS) is 30.8. The summed E-state index contributed by atoms with van der Waals surface area (Å²) in [6.07, 6.45) is 12.7. The van der Waals surface area contributed by atoms with Crippen LogP contribution in [-0.4, -0.2) is 59.8 Å². The molecule has 0 amide bonds. The van der Waals surface area contributed by atoms with E-state index in [1.165, 1.54) is 6.20 Å². The molecule has 1 aromatic heterocycles. The van der Waals surface area contributed by atoms with Crippen molar-refractivity contribution in [3.63, 3.8) is 0 Å². The second-order valence-electron chi connectivity index (χ2n) is 8.82. The summed E-state index contributed by atoms with van der Waals surface area (Å²) in [5.41, 5.74) is 0.386. The molecule has 2 saturated heterocycles. The highest BCUT2D eigenvalue weighted by atomic mass is 19.1. The van der Waals surface area contributed by atoms with Crippen LogP contribution < -0.4 is 4.90 Å². The van der Waals surface area contributed by atoms with E-state index < -0.39 is 0 Å². The molecule has 3 fully saturated rings. The maximum Gasteiger partial charge on any atom is 0.164 e. The fourth-order valence-electron chi connectivity index (χ4n) is 5.48. The summed E-state index contributed by atoms with van der Waals surface area (Å²) >= 11 is 0. The van der Waals surface area contributed by atoms with E-state index in [0.29, 0.717) is 23.8 Å². The predicted octanol–water partition coefficient (Wildman–Crippen LogP) is 2.80. The molecule has 3 atom stereocenters. The van der Waals surface area contributed by atoms with Crippen LogP contribution in [0.15, 0.2) is 35.9 Å². The first-order chi connectivity index (χ1) is 14.1. The summed E-state index contributed by atoms with van der Waals surface area (Å²) in [6.45, 7) is 3.18. The summed E-state index contributed by atoms with van der Waals surface area (Å²) in [6, 6.07) is 1.73. The molecular formula is C22H27FN4O2. The third-order valence-corrected chi connectivity index (χ3v) is 6.96. The van der Waals surface area contributed by atoms with Crippen LogP contribution >= 0.6 is 0 Å². The molecule has 0 aromatic carbocycles. The Kier molecular flexibility index (Phi) is 4.86. The molecule has 0 N–H and O–H groups in total. The fraction of sp³-hybridized carbons (Fsp3) is 0.591. The van der Waals surface area contributed by atoms with E-state index >= 15 is 0 Å². The van der Waals surface area contributed by atoms with Crippen LogP contribution in [0.3, 0.4) is 0 Å². The molecule has 4 heterocycles. The molecule has 3 aliphatic heterocycles. The minimum absolute atomic E-state index is 0.0351. The Bertz CT molecular complexity index is 834. The third kappa shape index (κ3) is 3.68. The van der Waals surface area contributed by atoms with E-state index in [4.69, 9.17) is 4.74 Å². The van der Waals surface area contributed by atoms with Gasteiger partial charge in [0.05, 0.1) is 30.1 Å². The highest BCUT2D eigenvalue weighted by Crippen LogP contribution is 2.47. The van der Waals surface area contributed by atoms with Crippen molar-refractivity contribution in [3.05, 3.63) is 36.7 Å². The first kappa shape index (κ1) is 18.7. The van der Waals surface area contributed by atoms with Crippen molar-refractivity contribution in [2.45, 2.75) is 43.8 Å². The monoisotopic (exact) mass is 398 g/mol. The third-order valence-electron chi connectivity index (χ3n) is 6.96. The standard InChI is InChI=1S/C22H27FN4O2/c23-18-14-25-4-1-19(18)27-7-2-22(3-8-27)13-17-20(28)11-16(12-21(17)29-22)15-26-9-5-24-6-10-26/h1,4-6,9,14,16-17,21H,2-3,7-8,10-13,15H2. The maximum absolute atomic E-state index is 14.1. The van der Waals surface area contributed by atoms with Gasteiger partial charge in [-0.15, -0.1) is 0 Å². The highest BCUT2D eigenvalue weighted by molar-refractivity contribution is 5.83. The van der Waals surface area contributed by atoms with Gasteiger partial charge in [0.1, 0.15) is 5.78 Å². The molecule has 1 saturated carbocycles. The van der Waals surface area contributed by atoms with Gasteiger partial charge in [0.15, 0.2) is 5.82 Å². The van der Waals surface area contributed by atoms with E-state index in [2.05, 4.69) is 19.8 Å². The number of nitrogens with zero attached hydrogens (tertiary/aromatic N) is 4. The lowest BCUT2D eigenvalue weighted by Gasteiger charge is -2.40. The van der Waals surface area contributed by atoms with Crippen LogP contribution in [0.25, 0.3) is 0 Å². The SMILES string of the molecule is O=C1CC(CN2C=CN=CC2)CC2OC3(CCN(c4ccncc4F)CC3)CC12. The maximum atomic E-state index is 14.1. The summed E-state index contributed by atoms with van der Waals surface area (Å²) in [4.78, 5) is 25.1. The second kappa shape index (κ2) is 7.52. The minimum atomic E-state index is -0.278. The van der Waals surface area contributed by atoms with Crippen LogP contribution in [0.4, 0.5) is 10.1 Å². The Morgan fingerprint density at radius 3 is 2.93 bits per heavy atom. The molecule has 7 heteroatoms. The van der Waals surface area contributed by atoms with Crippen molar-refractivity contribution in [2.75, 3.05) is 31.1 Å². The largest absolute Gasteiger partial charge is 0.371 e. The Labute approximate surface area is 170 Å². The molecular weight excluding hydrogens is 371 g/mol. The van der Waals surface area contributed by atoms with E-state index in [-0.39, 0.29) is 23.4 Å². The number of ether oxygens (including phenoxy) is 1. The van der Waals surface area contributed by atoms with Crippen LogP contribution in [0.2, 0.25) is 0 Å². The van der Waals surface area contributed by atoms with Gasteiger partial charge >= 0.3 is 0 Å². The number of hydrogen-bond donors (Lipinski definition) is 0. The highest BCUT2D eigenvalue weighted by Gasteiger charge is 2.52. The van der Waals surface area contributed by atoms with Crippen molar-refractivity contribution >= 4 is 17.7 Å². The van der Waals surface area contributed by atoms with Crippen LogP contribution in [-0.2, 0) is 9.53 Å². The van der Waals surface area contributed by atoms with E-state index in [1.54, 1.807) is 18.5 Å². The average Bonchev–Trinajstić information content (AvgIpc) is 3.08. The summed E-state index contributed by atoms with van der Waals surface area (Å²) < 4.78 is 20.7. The molecule has 0 radical (unpaired) electrons. The number of aliphatic imine (C=N–C) groups is 1. The van der Waals surface area contributed by atoms with Crippen molar-refractivity contribution in [2.24, 2.45) is 16.8 Å². The van der Waals surface area contributed by atoms with Crippen molar-refractivity contribution in [3.8, 4) is 0 Å². The second-order valence-corrected chi connectivity index (χ2v) is 8.82. The molecule has 0 bridgehead atoms. The van der Waals surface area contributed by atoms with E-state index in [9.17, 15) is 9.18 Å². The molecule has 4 aliphatic rings. The van der Waals surface area contributed by atoms with Crippen molar-refractivity contribution in [1.29, 1.82) is 0 Å². The molecule has 3 unspecified atom stereocenters. The zero-order valence-electron chi connectivity index (χ0n) is 16.5. The van der Waals surface area contributed by atoms with Gasteiger partial charge in [-0.1, -0.05) is 0 Å². The first-order valence-electron chi connectivity index (χ1n) is 10.6. The number of anilines is 1. The van der Waals surface area contributed by atoms with Gasteiger partial charge in [0.25, 0.3) is 0 Å². The van der Waals surface area contributed by atoms with Crippen molar-refractivity contribution in [1.82, 2.24) is 9.88 Å². The Balaban J connectivity index is 1.22. The number of carbonyl (C=O) groups is 1. The number of pyridine rings is 1. The van der Waals surface area contributed by atoms with Crippen molar-refractivity contribution < 1.29 is 13.9 Å². The van der Waals surface area contributed by atoms with E-state index in [0.717, 1.165) is 51.9 Å². The number of Topliss-reactive ketones (excluding diaryl/α,β-unsaturated/α-hetero) is 1. The smallest absolute Gasteiger partial charge is 0.164 e. The number of aromatic nitrogens is 1. The number of piperidine rings is 1. The van der Waals surface area contributed by atoms with Gasteiger partial charge in [-0.2, -0.15) is 0 Å². The predicted molar refractivity (Wildman–Crippen MR) is 108 cm³/mol. The molecule has 6 nitrogen and oxygen atoms in total. The van der Waals surface area contributed by atoms with E-state index in [1.807, 2.05) is 12.4 Å². The fourth-order valence-corrected chi connectivity index (χ4v) is 5.48. The minimum Gasteiger partial charge on any atom is -0.371 e. The molecule has 29 heavy (non-hydrogen) atoms. The lowest BCUT2D eigenvalue weighted by molar-refractivity contribution is -0.131. The Hall–Kier alpha value is -2.28. The Morgan fingerprint density at radius 2 is 2.17 bits per heavy atom. The van der Waals surface area contributed by atoms with Gasteiger partial charge in [-0.3, -0.25) is 14.8 Å². The molecule has 1 spiro atoms. The number of carbonyl (C=O) groups excluding carboxylic acids is 1. The quantitative estimate of drug-likeness (QED) is 0.784. The topological polar surface area (TPSA) is 58.0 Å². The zero-order valence-corrected chi connectivity index (χ0v) is 16.5. The number of hydrogen-bond acceptors (Lipinski definition) is 6. The summed E-state index contributed by atoms with van der Waals surface area (Å²) in [7, 11) is 0. The van der Waals surface area contributed by atoms with Crippen LogP contribution in [0, 0.1) is 17.7 Å². The van der Waals surface area contributed by atoms with Gasteiger partial charge in [-0.05, 0) is 37.7 Å². The number of fused-ring (bicyclic) bond motifs is 1. The zero-order chi connectivity index (χ0) is 19.8. The lowest BCUT2D eigenvalue weighted by atomic mass is 9.75. The number of ketones is 1. The van der Waals surface area contributed by atoms with Gasteiger partial charge in [0.2, 0.25) is 0 Å². The lowest BCUT2D eigenvalue weighted by Crippen LogP contribution is -2.45. The Morgan fingerprint density at radius 1 is 1.31 bits per heavy atom. The van der Waals surface area contributed by atoms with Gasteiger partial charge in [-0.25, -0.2) is 4.39 Å². The molecule has 5 rings (SSSR count). The van der Waals surface area contributed by atoms with Gasteiger partial charge < -0.3 is 14.5 Å². The molecule has 154 valence electrons. The van der Waals surface area contributed by atoms with Crippen LogP contribution in [0.1, 0.15) is 32.1 Å². The first-order valence-corrected chi connectivity index (χ1v) is 10.6. The van der Waals surface area contributed by atoms with Crippen LogP contribution in [0.5, 0.6) is 0 Å².